The number of rotatable bonds is 7. The second-order valence-electron chi connectivity index (χ2n) is 8.92. The van der Waals surface area contributed by atoms with Gasteiger partial charge in [-0.25, -0.2) is 4.39 Å². The largest absolute Gasteiger partial charge is 0.458 e. The van der Waals surface area contributed by atoms with E-state index >= 15 is 0 Å². The summed E-state index contributed by atoms with van der Waals surface area (Å²) in [5.74, 6) is -1.59. The zero-order valence-electron chi connectivity index (χ0n) is 20.3. The van der Waals surface area contributed by atoms with Gasteiger partial charge in [0.05, 0.1) is 6.10 Å². The van der Waals surface area contributed by atoms with Gasteiger partial charge in [0.15, 0.2) is 6.10 Å². The standard InChI is InChI=1S/C28H28ClFO5S/c1-16-24(15-30)35-27(28(34-18(3)32)26(16)33-17(2)31)20-9-11-23(29)21(13-20)14-22-10-12-25(36-22)19-7-5-4-6-8-19/h4-13,16,24,26-28H,14-15H2,1-3H3/t16?,24?,26?,27?,28-/m1/s1. The molecule has 1 aliphatic rings. The van der Waals surface area contributed by atoms with Crippen molar-refractivity contribution in [3.8, 4) is 10.4 Å². The minimum atomic E-state index is -0.926. The Bertz CT molecular complexity index is 1210. The first-order valence-electron chi connectivity index (χ1n) is 11.7. The lowest BCUT2D eigenvalue weighted by atomic mass is 9.85. The van der Waals surface area contributed by atoms with Gasteiger partial charge < -0.3 is 14.2 Å². The molecule has 0 aliphatic carbocycles. The van der Waals surface area contributed by atoms with Gasteiger partial charge in [-0.1, -0.05) is 61.0 Å². The Balaban J connectivity index is 1.65. The summed E-state index contributed by atoms with van der Waals surface area (Å²) < 4.78 is 31.1. The summed E-state index contributed by atoms with van der Waals surface area (Å²) >= 11 is 8.24. The number of alkyl halides is 1. The molecule has 1 aromatic heterocycles. The van der Waals surface area contributed by atoms with Crippen molar-refractivity contribution in [3.05, 3.63) is 81.7 Å². The van der Waals surface area contributed by atoms with E-state index in [-0.39, 0.29) is 0 Å². The third kappa shape index (κ3) is 5.97. The summed E-state index contributed by atoms with van der Waals surface area (Å²) in [5.41, 5.74) is 2.68. The van der Waals surface area contributed by atoms with Crippen molar-refractivity contribution in [2.75, 3.05) is 6.67 Å². The number of carbonyl (C=O) groups excluding carboxylic acids is 2. The maximum atomic E-state index is 13.9. The molecule has 2 heterocycles. The van der Waals surface area contributed by atoms with E-state index in [9.17, 15) is 14.0 Å². The fourth-order valence-corrected chi connectivity index (χ4v) is 5.75. The van der Waals surface area contributed by atoms with Crippen molar-refractivity contribution < 1.29 is 28.2 Å². The summed E-state index contributed by atoms with van der Waals surface area (Å²) in [6.07, 6.45) is -2.84. The summed E-state index contributed by atoms with van der Waals surface area (Å²) in [4.78, 5) is 26.1. The minimum Gasteiger partial charge on any atom is -0.458 e. The van der Waals surface area contributed by atoms with Gasteiger partial charge in [0.1, 0.15) is 18.9 Å². The molecule has 5 atom stereocenters. The maximum absolute atomic E-state index is 13.9. The molecule has 0 bridgehead atoms. The van der Waals surface area contributed by atoms with Crippen LogP contribution in [0, 0.1) is 5.92 Å². The van der Waals surface area contributed by atoms with E-state index in [0.717, 1.165) is 20.9 Å². The predicted molar refractivity (Wildman–Crippen MR) is 138 cm³/mol. The zero-order valence-corrected chi connectivity index (χ0v) is 21.9. The third-order valence-corrected chi connectivity index (χ3v) is 7.79. The highest BCUT2D eigenvalue weighted by Crippen LogP contribution is 2.40. The Kier molecular flexibility index (Phi) is 8.44. The average molecular weight is 531 g/mol. The molecule has 190 valence electrons. The average Bonchev–Trinajstić information content (AvgIpc) is 3.32. The number of thiophene rings is 1. The van der Waals surface area contributed by atoms with Crippen molar-refractivity contribution in [2.24, 2.45) is 5.92 Å². The van der Waals surface area contributed by atoms with Gasteiger partial charge in [0.25, 0.3) is 0 Å². The zero-order chi connectivity index (χ0) is 25.8. The van der Waals surface area contributed by atoms with Crippen LogP contribution in [0.1, 0.15) is 42.9 Å². The molecule has 2 aromatic carbocycles. The van der Waals surface area contributed by atoms with Gasteiger partial charge in [-0.15, -0.1) is 11.3 Å². The van der Waals surface area contributed by atoms with E-state index in [1.54, 1.807) is 30.4 Å². The Morgan fingerprint density at radius 1 is 1.00 bits per heavy atom. The van der Waals surface area contributed by atoms with Crippen molar-refractivity contribution in [3.63, 3.8) is 0 Å². The van der Waals surface area contributed by atoms with Crippen LogP contribution in [-0.2, 0) is 30.2 Å². The number of esters is 2. The van der Waals surface area contributed by atoms with Gasteiger partial charge >= 0.3 is 11.9 Å². The lowest BCUT2D eigenvalue weighted by Crippen LogP contribution is -2.53. The van der Waals surface area contributed by atoms with E-state index in [1.807, 2.05) is 24.3 Å². The van der Waals surface area contributed by atoms with E-state index in [4.69, 9.17) is 25.8 Å². The molecule has 8 heteroatoms. The molecular formula is C28H28ClFO5S. The Hall–Kier alpha value is -2.74. The van der Waals surface area contributed by atoms with Crippen LogP contribution in [0.3, 0.4) is 0 Å². The molecular weight excluding hydrogens is 503 g/mol. The summed E-state index contributed by atoms with van der Waals surface area (Å²) in [5, 5.41) is 0.584. The number of halogens is 2. The Labute approximate surface area is 219 Å². The van der Waals surface area contributed by atoms with Gasteiger partial charge in [-0.2, -0.15) is 0 Å². The topological polar surface area (TPSA) is 61.8 Å². The fourth-order valence-electron chi connectivity index (χ4n) is 4.53. The van der Waals surface area contributed by atoms with E-state index < -0.39 is 48.9 Å². The van der Waals surface area contributed by atoms with E-state index in [0.29, 0.717) is 17.0 Å². The van der Waals surface area contributed by atoms with Crippen LogP contribution in [0.2, 0.25) is 5.02 Å². The molecule has 1 aliphatic heterocycles. The quantitative estimate of drug-likeness (QED) is 0.323. The van der Waals surface area contributed by atoms with Crippen molar-refractivity contribution in [1.82, 2.24) is 0 Å². The number of hydrogen-bond donors (Lipinski definition) is 0. The van der Waals surface area contributed by atoms with Gasteiger partial charge in [-0.3, -0.25) is 9.59 Å². The van der Waals surface area contributed by atoms with Crippen LogP contribution in [0.15, 0.2) is 60.7 Å². The van der Waals surface area contributed by atoms with Crippen LogP contribution in [0.5, 0.6) is 0 Å². The Morgan fingerprint density at radius 2 is 1.69 bits per heavy atom. The highest BCUT2D eigenvalue weighted by atomic mass is 35.5. The molecule has 1 saturated heterocycles. The van der Waals surface area contributed by atoms with Crippen LogP contribution >= 0.6 is 22.9 Å². The minimum absolute atomic E-state index is 0.506. The highest BCUT2D eigenvalue weighted by Gasteiger charge is 2.48. The van der Waals surface area contributed by atoms with Gasteiger partial charge in [0.2, 0.25) is 0 Å². The molecule has 5 nitrogen and oxygen atoms in total. The third-order valence-electron chi connectivity index (χ3n) is 6.29. The number of hydrogen-bond acceptors (Lipinski definition) is 6. The molecule has 0 N–H and O–H groups in total. The maximum Gasteiger partial charge on any atom is 0.303 e. The smallest absolute Gasteiger partial charge is 0.303 e. The molecule has 3 aromatic rings. The van der Waals surface area contributed by atoms with E-state index in [2.05, 4.69) is 24.3 Å². The fraction of sp³-hybridized carbons (Fsp3) is 0.357. The van der Waals surface area contributed by atoms with Gasteiger partial charge in [-0.05, 0) is 34.9 Å². The van der Waals surface area contributed by atoms with Crippen LogP contribution in [0.4, 0.5) is 4.39 Å². The predicted octanol–water partition coefficient (Wildman–Crippen LogP) is 6.57. The normalized spacial score (nSPS) is 23.8. The first-order valence-corrected chi connectivity index (χ1v) is 12.9. The molecule has 0 saturated carbocycles. The molecule has 4 rings (SSSR count). The second kappa shape index (κ2) is 11.5. The van der Waals surface area contributed by atoms with Crippen molar-refractivity contribution >= 4 is 34.9 Å². The molecule has 36 heavy (non-hydrogen) atoms. The van der Waals surface area contributed by atoms with Crippen LogP contribution in [-0.4, -0.2) is 36.9 Å². The highest BCUT2D eigenvalue weighted by molar-refractivity contribution is 7.15. The second-order valence-corrected chi connectivity index (χ2v) is 10.5. The molecule has 0 amide bonds. The number of ether oxygens (including phenoxy) is 3. The van der Waals surface area contributed by atoms with Crippen LogP contribution < -0.4 is 0 Å². The summed E-state index contributed by atoms with van der Waals surface area (Å²) in [6.45, 7) is 3.51. The lowest BCUT2D eigenvalue weighted by Gasteiger charge is -2.44. The molecule has 4 unspecified atom stereocenters. The summed E-state index contributed by atoms with van der Waals surface area (Å²) in [7, 11) is 0. The first kappa shape index (κ1) is 26.3. The number of benzene rings is 2. The van der Waals surface area contributed by atoms with Crippen molar-refractivity contribution in [1.29, 1.82) is 0 Å². The van der Waals surface area contributed by atoms with Gasteiger partial charge in [0, 0.05) is 41.0 Å². The van der Waals surface area contributed by atoms with Crippen molar-refractivity contribution in [2.45, 2.75) is 51.6 Å². The number of carbonyl (C=O) groups is 2. The first-order chi connectivity index (χ1) is 17.3. The monoisotopic (exact) mass is 530 g/mol. The van der Waals surface area contributed by atoms with E-state index in [1.165, 1.54) is 13.8 Å². The summed E-state index contributed by atoms with van der Waals surface area (Å²) in [6, 6.07) is 19.7. The molecule has 0 spiro atoms. The van der Waals surface area contributed by atoms with Crippen LogP contribution in [0.25, 0.3) is 10.4 Å². The Morgan fingerprint density at radius 3 is 2.36 bits per heavy atom. The molecule has 0 radical (unpaired) electrons. The lowest BCUT2D eigenvalue weighted by molar-refractivity contribution is -0.227. The molecule has 1 fully saturated rings. The SMILES string of the molecule is CC(=O)OC1C(C)C(CF)OC(c2ccc(Cl)c(Cc3ccc(-c4ccccc4)s3)c2)[C@@H]1OC(C)=O.